The maximum atomic E-state index is 5.76. The Hall–Kier alpha value is -2.04. The van der Waals surface area contributed by atoms with Gasteiger partial charge in [0.15, 0.2) is 0 Å². The quantitative estimate of drug-likeness (QED) is 0.844. The number of anilines is 1. The summed E-state index contributed by atoms with van der Waals surface area (Å²) in [6.07, 6.45) is 0. The van der Waals surface area contributed by atoms with Crippen LogP contribution in [0.3, 0.4) is 0 Å². The minimum atomic E-state index is 0.286. The first kappa shape index (κ1) is 12.4. The zero-order valence-electron chi connectivity index (χ0n) is 11.1. The molecule has 0 amide bonds. The average molecular weight is 246 g/mol. The Kier molecular flexibility index (Phi) is 3.23. The molecule has 96 valence electrons. The van der Waals surface area contributed by atoms with Crippen molar-refractivity contribution in [2.45, 2.75) is 26.7 Å². The van der Waals surface area contributed by atoms with Crippen molar-refractivity contribution in [1.29, 1.82) is 0 Å². The van der Waals surface area contributed by atoms with Crippen LogP contribution in [-0.4, -0.2) is 21.9 Å². The number of rotatable bonds is 3. The highest BCUT2D eigenvalue weighted by Gasteiger charge is 2.15. The van der Waals surface area contributed by atoms with Crippen LogP contribution in [0, 0.1) is 6.92 Å². The first-order chi connectivity index (χ1) is 8.52. The molecule has 0 aliphatic heterocycles. The van der Waals surface area contributed by atoms with E-state index in [0.29, 0.717) is 11.4 Å². The Morgan fingerprint density at radius 2 is 2.06 bits per heavy atom. The molecule has 1 heterocycles. The van der Waals surface area contributed by atoms with E-state index in [0.717, 1.165) is 17.3 Å². The molecule has 18 heavy (non-hydrogen) atoms. The molecule has 2 N–H and O–H groups in total. The van der Waals surface area contributed by atoms with Gasteiger partial charge in [-0.2, -0.15) is 5.10 Å². The van der Waals surface area contributed by atoms with E-state index in [1.54, 1.807) is 13.2 Å². The maximum Gasteiger partial charge on any atom is 0.148 e. The van der Waals surface area contributed by atoms with E-state index in [4.69, 9.17) is 10.5 Å². The summed E-state index contributed by atoms with van der Waals surface area (Å²) in [5.41, 5.74) is 7.28. The van der Waals surface area contributed by atoms with Gasteiger partial charge in [-0.15, -0.1) is 0 Å². The summed E-state index contributed by atoms with van der Waals surface area (Å²) in [6, 6.07) is 5.52. The van der Waals surface area contributed by atoms with Gasteiger partial charge in [0.05, 0.1) is 7.11 Å². The fourth-order valence-electron chi connectivity index (χ4n) is 1.85. The van der Waals surface area contributed by atoms with Gasteiger partial charge in [-0.25, -0.2) is 9.67 Å². The number of benzene rings is 1. The van der Waals surface area contributed by atoms with Gasteiger partial charge in [-0.05, 0) is 19.1 Å². The molecule has 0 saturated carbocycles. The lowest BCUT2D eigenvalue weighted by molar-refractivity contribution is 0.411. The number of hydrogen-bond donors (Lipinski definition) is 1. The fourth-order valence-corrected chi connectivity index (χ4v) is 1.85. The molecular weight excluding hydrogens is 228 g/mol. The number of nitrogen functional groups attached to an aromatic ring is 1. The van der Waals surface area contributed by atoms with Crippen LogP contribution in [0.5, 0.6) is 5.75 Å². The van der Waals surface area contributed by atoms with Crippen molar-refractivity contribution in [2.75, 3.05) is 12.8 Å². The van der Waals surface area contributed by atoms with Crippen molar-refractivity contribution in [3.05, 3.63) is 29.8 Å². The van der Waals surface area contributed by atoms with Crippen LogP contribution in [0.25, 0.3) is 5.69 Å². The predicted octanol–water partition coefficient (Wildman–Crippen LogP) is 2.29. The lowest BCUT2D eigenvalue weighted by Gasteiger charge is -2.12. The van der Waals surface area contributed by atoms with E-state index in [1.807, 2.05) is 23.7 Å². The van der Waals surface area contributed by atoms with Crippen LogP contribution in [0.4, 0.5) is 5.69 Å². The zero-order chi connectivity index (χ0) is 13.3. The lowest BCUT2D eigenvalue weighted by atomic mass is 10.2. The Morgan fingerprint density at radius 1 is 1.33 bits per heavy atom. The molecule has 0 fully saturated rings. The van der Waals surface area contributed by atoms with Crippen molar-refractivity contribution < 1.29 is 4.74 Å². The third kappa shape index (κ3) is 2.16. The van der Waals surface area contributed by atoms with E-state index < -0.39 is 0 Å². The summed E-state index contributed by atoms with van der Waals surface area (Å²) < 4.78 is 7.17. The highest BCUT2D eigenvalue weighted by Crippen LogP contribution is 2.27. The van der Waals surface area contributed by atoms with Gasteiger partial charge in [0.25, 0.3) is 0 Å². The second-order valence-electron chi connectivity index (χ2n) is 4.52. The Labute approximate surface area is 107 Å². The van der Waals surface area contributed by atoms with Crippen LogP contribution in [0.2, 0.25) is 0 Å². The second kappa shape index (κ2) is 4.68. The highest BCUT2D eigenvalue weighted by molar-refractivity contribution is 5.55. The molecule has 0 spiro atoms. The first-order valence-corrected chi connectivity index (χ1v) is 5.90. The fraction of sp³-hybridized carbons (Fsp3) is 0.385. The lowest BCUT2D eigenvalue weighted by Crippen LogP contribution is -2.06. The molecule has 0 aliphatic carbocycles. The molecule has 0 atom stereocenters. The minimum absolute atomic E-state index is 0.286. The van der Waals surface area contributed by atoms with Crippen molar-refractivity contribution in [3.63, 3.8) is 0 Å². The van der Waals surface area contributed by atoms with Crippen LogP contribution in [0.1, 0.15) is 31.4 Å². The summed E-state index contributed by atoms with van der Waals surface area (Å²) in [7, 11) is 1.62. The summed E-state index contributed by atoms with van der Waals surface area (Å²) >= 11 is 0. The summed E-state index contributed by atoms with van der Waals surface area (Å²) in [5, 5.41) is 4.43. The Morgan fingerprint density at radius 3 is 2.67 bits per heavy atom. The summed E-state index contributed by atoms with van der Waals surface area (Å²) in [4.78, 5) is 4.45. The predicted molar refractivity (Wildman–Crippen MR) is 71.1 cm³/mol. The standard InChI is InChI=1S/C13H18N4O/c1-8(2)13-15-9(3)16-17(13)11-6-5-10(14)7-12(11)18-4/h5-8H,14H2,1-4H3. The first-order valence-electron chi connectivity index (χ1n) is 5.90. The summed E-state index contributed by atoms with van der Waals surface area (Å²) in [6.45, 7) is 6.06. The van der Waals surface area contributed by atoms with Crippen LogP contribution >= 0.6 is 0 Å². The highest BCUT2D eigenvalue weighted by atomic mass is 16.5. The normalized spacial score (nSPS) is 10.9. The molecule has 1 aromatic heterocycles. The molecule has 5 heteroatoms. The Balaban J connectivity index is 2.61. The van der Waals surface area contributed by atoms with E-state index in [9.17, 15) is 0 Å². The monoisotopic (exact) mass is 246 g/mol. The van der Waals surface area contributed by atoms with Crippen LogP contribution in [0.15, 0.2) is 18.2 Å². The number of ether oxygens (including phenoxy) is 1. The minimum Gasteiger partial charge on any atom is -0.494 e. The molecular formula is C13H18N4O. The topological polar surface area (TPSA) is 66.0 Å². The SMILES string of the molecule is COc1cc(N)ccc1-n1nc(C)nc1C(C)C. The van der Waals surface area contributed by atoms with Crippen molar-refractivity contribution in [2.24, 2.45) is 0 Å². The molecule has 5 nitrogen and oxygen atoms in total. The van der Waals surface area contributed by atoms with E-state index in [1.165, 1.54) is 0 Å². The van der Waals surface area contributed by atoms with E-state index in [-0.39, 0.29) is 5.92 Å². The third-order valence-electron chi connectivity index (χ3n) is 2.69. The molecule has 0 radical (unpaired) electrons. The molecule has 1 aromatic carbocycles. The number of nitrogens with two attached hydrogens (primary N) is 1. The number of methoxy groups -OCH3 is 1. The van der Waals surface area contributed by atoms with E-state index in [2.05, 4.69) is 23.9 Å². The van der Waals surface area contributed by atoms with Gasteiger partial charge in [-0.3, -0.25) is 0 Å². The number of nitrogens with zero attached hydrogens (tertiary/aromatic N) is 3. The Bertz CT molecular complexity index is 560. The van der Waals surface area contributed by atoms with Gasteiger partial charge in [0.2, 0.25) is 0 Å². The van der Waals surface area contributed by atoms with Crippen molar-refractivity contribution >= 4 is 5.69 Å². The van der Waals surface area contributed by atoms with Gasteiger partial charge in [0.1, 0.15) is 23.1 Å². The van der Waals surface area contributed by atoms with Gasteiger partial charge in [-0.1, -0.05) is 13.8 Å². The van der Waals surface area contributed by atoms with Crippen LogP contribution < -0.4 is 10.5 Å². The second-order valence-corrected chi connectivity index (χ2v) is 4.52. The smallest absolute Gasteiger partial charge is 0.148 e. The molecule has 2 rings (SSSR count). The molecule has 0 bridgehead atoms. The van der Waals surface area contributed by atoms with Crippen LogP contribution in [-0.2, 0) is 0 Å². The van der Waals surface area contributed by atoms with E-state index >= 15 is 0 Å². The van der Waals surface area contributed by atoms with Crippen molar-refractivity contribution in [1.82, 2.24) is 14.8 Å². The molecule has 0 saturated heterocycles. The molecule has 0 unspecified atom stereocenters. The number of hydrogen-bond acceptors (Lipinski definition) is 4. The van der Waals surface area contributed by atoms with Gasteiger partial charge in [0, 0.05) is 17.7 Å². The summed E-state index contributed by atoms with van der Waals surface area (Å²) in [5.74, 6) is 2.64. The van der Waals surface area contributed by atoms with Gasteiger partial charge < -0.3 is 10.5 Å². The van der Waals surface area contributed by atoms with Gasteiger partial charge >= 0.3 is 0 Å². The number of aromatic nitrogens is 3. The largest absolute Gasteiger partial charge is 0.494 e. The average Bonchev–Trinajstić information content (AvgIpc) is 2.71. The van der Waals surface area contributed by atoms with Crippen molar-refractivity contribution in [3.8, 4) is 11.4 Å². The third-order valence-corrected chi connectivity index (χ3v) is 2.69. The molecule has 2 aromatic rings. The number of aryl methyl sites for hydroxylation is 1. The molecule has 0 aliphatic rings. The maximum absolute atomic E-state index is 5.76. The zero-order valence-corrected chi connectivity index (χ0v) is 11.1.